The molecule has 0 aliphatic carbocycles. The van der Waals surface area contributed by atoms with Gasteiger partial charge in [0.25, 0.3) is 0 Å². The number of nitrogens with one attached hydrogen (secondary N) is 1. The molecule has 2 aromatic heterocycles. The van der Waals surface area contributed by atoms with Gasteiger partial charge in [0.2, 0.25) is 0 Å². The number of nitrogens with zero attached hydrogens (tertiary/aromatic N) is 2. The Morgan fingerprint density at radius 1 is 1.00 bits per heavy atom. The van der Waals surface area contributed by atoms with Gasteiger partial charge in [-0.05, 0) is 24.3 Å². The number of hydrogen-bond acceptors (Lipinski definition) is 2. The van der Waals surface area contributed by atoms with Crippen LogP contribution in [0.1, 0.15) is 10.5 Å². The lowest BCUT2D eigenvalue weighted by Crippen LogP contribution is -3.00. The first-order valence-electron chi connectivity index (χ1n) is 6.13. The Kier molecular flexibility index (Phi) is 4.35. The number of aromatic amines is 1. The van der Waals surface area contributed by atoms with Gasteiger partial charge in [-0.2, -0.15) is 4.98 Å². The molecule has 2 heterocycles. The Morgan fingerprint density at radius 3 is 2.24 bits per heavy atom. The fourth-order valence-electron chi connectivity index (χ4n) is 2.12. The minimum atomic E-state index is -0.343. The largest absolute Gasteiger partial charge is 1.00 e. The van der Waals surface area contributed by atoms with Gasteiger partial charge in [-0.25, -0.2) is 13.9 Å². The number of para-hydroxylation sites is 1. The summed E-state index contributed by atoms with van der Waals surface area (Å²) in [4.78, 5) is 26.3. The van der Waals surface area contributed by atoms with Gasteiger partial charge in [0.05, 0.1) is 18.1 Å². The van der Waals surface area contributed by atoms with E-state index in [1.165, 1.54) is 4.57 Å². The molecule has 5 nitrogen and oxygen atoms in total. The Hall–Kier alpha value is -2.66. The smallest absolute Gasteiger partial charge is 0.418 e. The summed E-state index contributed by atoms with van der Waals surface area (Å²) in [5.74, 6) is 0.453. The summed E-state index contributed by atoms with van der Waals surface area (Å²) in [5.41, 5.74) is 0.598. The van der Waals surface area contributed by atoms with Crippen molar-refractivity contribution < 1.29 is 21.8 Å². The van der Waals surface area contributed by atoms with Crippen molar-refractivity contribution in [1.82, 2.24) is 9.55 Å². The van der Waals surface area contributed by atoms with E-state index in [4.69, 9.17) is 0 Å². The van der Waals surface area contributed by atoms with Crippen LogP contribution in [0, 0.1) is 0 Å². The standard InChI is InChI=1S/C15H11N3O2.ClH/c19-11-13-14(17-9-5-2-6-10-17)16-15(20)18(13)12-7-3-1-4-8-12;/h1-11H;1H. The number of pyridine rings is 1. The number of carbonyl (C=O) groups is 1. The first-order chi connectivity index (χ1) is 9.81. The second-order valence-electron chi connectivity index (χ2n) is 4.24. The highest BCUT2D eigenvalue weighted by Gasteiger charge is 2.22. The number of aromatic nitrogens is 3. The minimum Gasteiger partial charge on any atom is -1.00 e. The second kappa shape index (κ2) is 6.19. The van der Waals surface area contributed by atoms with Crippen LogP contribution in [0.3, 0.4) is 0 Å². The van der Waals surface area contributed by atoms with E-state index >= 15 is 0 Å². The normalized spacial score (nSPS) is 9.90. The van der Waals surface area contributed by atoms with Crippen molar-refractivity contribution in [2.75, 3.05) is 0 Å². The van der Waals surface area contributed by atoms with Crippen LogP contribution >= 0.6 is 0 Å². The van der Waals surface area contributed by atoms with Crippen LogP contribution in [-0.2, 0) is 0 Å². The van der Waals surface area contributed by atoms with E-state index in [0.717, 1.165) is 0 Å². The van der Waals surface area contributed by atoms with Gasteiger partial charge in [-0.3, -0.25) is 4.79 Å². The van der Waals surface area contributed by atoms with Gasteiger partial charge < -0.3 is 12.4 Å². The van der Waals surface area contributed by atoms with Gasteiger partial charge in [0.1, 0.15) is 0 Å². The van der Waals surface area contributed by atoms with Crippen molar-refractivity contribution in [2.45, 2.75) is 0 Å². The molecule has 106 valence electrons. The lowest BCUT2D eigenvalue weighted by atomic mass is 10.3. The lowest BCUT2D eigenvalue weighted by Gasteiger charge is -2.01. The highest BCUT2D eigenvalue weighted by atomic mass is 35.5. The molecular weight excluding hydrogens is 290 g/mol. The molecule has 0 radical (unpaired) electrons. The number of hydrogen-bond donors (Lipinski definition) is 1. The van der Waals surface area contributed by atoms with Gasteiger partial charge in [0.15, 0.2) is 12.0 Å². The molecule has 0 fully saturated rings. The molecule has 0 saturated carbocycles. The molecular formula is C15H12ClN3O2. The Morgan fingerprint density at radius 2 is 1.62 bits per heavy atom. The van der Waals surface area contributed by atoms with E-state index in [1.807, 2.05) is 36.4 Å². The molecule has 0 unspecified atom stereocenters. The quantitative estimate of drug-likeness (QED) is 0.461. The van der Waals surface area contributed by atoms with E-state index in [1.54, 1.807) is 29.1 Å². The maximum atomic E-state index is 12.1. The third-order valence-corrected chi connectivity index (χ3v) is 3.01. The number of H-pyrrole nitrogens is 1. The predicted octanol–water partition coefficient (Wildman–Crippen LogP) is -1.74. The average molecular weight is 302 g/mol. The fraction of sp³-hybridized carbons (Fsp3) is 0. The molecule has 1 aromatic carbocycles. The Bertz CT molecular complexity index is 795. The summed E-state index contributed by atoms with van der Waals surface area (Å²) in [5, 5.41) is 0. The van der Waals surface area contributed by atoms with E-state index in [-0.39, 0.29) is 23.8 Å². The summed E-state index contributed by atoms with van der Waals surface area (Å²) in [6.45, 7) is 0. The molecule has 0 aliphatic heterocycles. The average Bonchev–Trinajstić information content (AvgIpc) is 2.85. The van der Waals surface area contributed by atoms with E-state index in [2.05, 4.69) is 4.98 Å². The van der Waals surface area contributed by atoms with Crippen LogP contribution in [-0.4, -0.2) is 15.8 Å². The predicted molar refractivity (Wildman–Crippen MR) is 73.3 cm³/mol. The molecule has 0 bridgehead atoms. The second-order valence-corrected chi connectivity index (χ2v) is 4.24. The van der Waals surface area contributed by atoms with E-state index in [9.17, 15) is 9.59 Å². The molecule has 3 rings (SSSR count). The summed E-state index contributed by atoms with van der Waals surface area (Å²) >= 11 is 0. The zero-order chi connectivity index (χ0) is 13.9. The van der Waals surface area contributed by atoms with Crippen LogP contribution in [0.2, 0.25) is 0 Å². The van der Waals surface area contributed by atoms with Gasteiger partial charge in [-0.1, -0.05) is 24.3 Å². The molecule has 0 spiro atoms. The SMILES string of the molecule is O=Cc1c(-[n+]2ccccc2)[nH]c(=O)n1-c1ccccc1.[Cl-]. The van der Waals surface area contributed by atoms with Crippen LogP contribution in [0.15, 0.2) is 65.7 Å². The van der Waals surface area contributed by atoms with Gasteiger partial charge >= 0.3 is 11.5 Å². The van der Waals surface area contributed by atoms with Crippen molar-refractivity contribution in [2.24, 2.45) is 0 Å². The van der Waals surface area contributed by atoms with Crippen LogP contribution in [0.5, 0.6) is 0 Å². The molecule has 0 saturated heterocycles. The molecule has 0 amide bonds. The Balaban J connectivity index is 0.00000161. The van der Waals surface area contributed by atoms with Crippen molar-refractivity contribution in [3.8, 4) is 11.5 Å². The lowest BCUT2D eigenvalue weighted by molar-refractivity contribution is -0.599. The number of benzene rings is 1. The Labute approximate surface area is 126 Å². The summed E-state index contributed by atoms with van der Waals surface area (Å²) in [6, 6.07) is 14.6. The maximum absolute atomic E-state index is 12.1. The third-order valence-electron chi connectivity index (χ3n) is 3.01. The monoisotopic (exact) mass is 301 g/mol. The number of carbonyl (C=O) groups excluding carboxylic acids is 1. The topological polar surface area (TPSA) is 58.7 Å². The highest BCUT2D eigenvalue weighted by Crippen LogP contribution is 2.09. The summed E-state index contributed by atoms with van der Waals surface area (Å²) in [7, 11) is 0. The van der Waals surface area contributed by atoms with Crippen molar-refractivity contribution in [1.29, 1.82) is 0 Å². The van der Waals surface area contributed by atoms with Gasteiger partial charge in [0, 0.05) is 0 Å². The number of halogens is 1. The highest BCUT2D eigenvalue weighted by molar-refractivity contribution is 5.77. The first-order valence-corrected chi connectivity index (χ1v) is 6.13. The van der Waals surface area contributed by atoms with Gasteiger partial charge in [-0.15, -0.1) is 0 Å². The fourth-order valence-corrected chi connectivity index (χ4v) is 2.12. The summed E-state index contributed by atoms with van der Waals surface area (Å²) in [6.07, 6.45) is 4.22. The molecule has 0 aliphatic rings. The van der Waals surface area contributed by atoms with Crippen LogP contribution in [0.25, 0.3) is 11.5 Å². The first kappa shape index (κ1) is 14.7. The summed E-state index contributed by atoms with van der Waals surface area (Å²) < 4.78 is 3.06. The van der Waals surface area contributed by atoms with Crippen LogP contribution < -0.4 is 22.7 Å². The van der Waals surface area contributed by atoms with Crippen molar-refractivity contribution in [3.63, 3.8) is 0 Å². The van der Waals surface area contributed by atoms with Crippen molar-refractivity contribution >= 4 is 6.29 Å². The number of rotatable bonds is 3. The molecule has 3 aromatic rings. The maximum Gasteiger partial charge on any atom is 0.418 e. The minimum absolute atomic E-state index is 0. The molecule has 21 heavy (non-hydrogen) atoms. The zero-order valence-corrected chi connectivity index (χ0v) is 11.7. The molecule has 0 atom stereocenters. The zero-order valence-electron chi connectivity index (χ0n) is 10.9. The van der Waals surface area contributed by atoms with Crippen molar-refractivity contribution in [3.05, 3.63) is 77.1 Å². The molecule has 6 heteroatoms. The van der Waals surface area contributed by atoms with E-state index in [0.29, 0.717) is 17.8 Å². The molecule has 1 N–H and O–H groups in total. The number of imidazole rings is 1. The number of aldehydes is 1. The third kappa shape index (κ3) is 2.64. The van der Waals surface area contributed by atoms with E-state index < -0.39 is 0 Å². The van der Waals surface area contributed by atoms with Crippen LogP contribution in [0.4, 0.5) is 0 Å².